The molecule has 2 aromatic carbocycles. The molecule has 142 valence electrons. The lowest BCUT2D eigenvalue weighted by Gasteiger charge is -2.11. The van der Waals surface area contributed by atoms with Crippen molar-refractivity contribution in [1.29, 1.82) is 0 Å². The summed E-state index contributed by atoms with van der Waals surface area (Å²) in [6, 6.07) is 11.6. The zero-order valence-corrected chi connectivity index (χ0v) is 14.3. The van der Waals surface area contributed by atoms with Crippen LogP contribution in [0.3, 0.4) is 0 Å². The lowest BCUT2D eigenvalue weighted by Crippen LogP contribution is -2.09. The molecule has 0 bridgehead atoms. The number of imidazole rings is 1. The monoisotopic (exact) mass is 387 g/mol. The summed E-state index contributed by atoms with van der Waals surface area (Å²) in [7, 11) is 0. The average Bonchev–Trinajstić information content (AvgIpc) is 3.10. The van der Waals surface area contributed by atoms with E-state index in [1.165, 1.54) is 6.20 Å². The minimum Gasteiger partial charge on any atom is -0.350 e. The summed E-state index contributed by atoms with van der Waals surface area (Å²) in [5.41, 5.74) is 0.750. The predicted octanol–water partition coefficient (Wildman–Crippen LogP) is 4.59. The summed E-state index contributed by atoms with van der Waals surface area (Å²) in [4.78, 5) is 12.7. The third-order valence-electron chi connectivity index (χ3n) is 4.08. The molecule has 0 saturated heterocycles. The number of para-hydroxylation sites is 2. The molecule has 1 N–H and O–H groups in total. The fraction of sp³-hybridized carbons (Fsp3) is 0.105. The van der Waals surface area contributed by atoms with Crippen LogP contribution in [-0.2, 0) is 12.7 Å². The molecule has 0 aliphatic heterocycles. The number of benzene rings is 2. The van der Waals surface area contributed by atoms with Crippen LogP contribution < -0.4 is 5.32 Å². The van der Waals surface area contributed by atoms with Gasteiger partial charge in [0.2, 0.25) is 5.95 Å². The van der Waals surface area contributed by atoms with E-state index >= 15 is 0 Å². The number of halogens is 4. The number of anilines is 1. The van der Waals surface area contributed by atoms with E-state index in [4.69, 9.17) is 0 Å². The molecule has 2 heterocycles. The van der Waals surface area contributed by atoms with Crippen LogP contribution in [0.25, 0.3) is 16.9 Å². The van der Waals surface area contributed by atoms with Gasteiger partial charge in [-0.1, -0.05) is 12.1 Å². The fourth-order valence-electron chi connectivity index (χ4n) is 2.81. The van der Waals surface area contributed by atoms with Crippen molar-refractivity contribution in [1.82, 2.24) is 19.5 Å². The highest BCUT2D eigenvalue weighted by molar-refractivity contribution is 5.76. The molecule has 0 saturated carbocycles. The van der Waals surface area contributed by atoms with Crippen molar-refractivity contribution >= 4 is 17.0 Å². The SMILES string of the molecule is Fc1cc(CNc2nccc(-n3cnc4ccccc43)n2)cc(C(F)(F)F)c1. The minimum atomic E-state index is -4.62. The number of nitrogens with one attached hydrogen (secondary N) is 1. The van der Waals surface area contributed by atoms with E-state index < -0.39 is 17.6 Å². The molecular formula is C19H13F4N5. The van der Waals surface area contributed by atoms with Crippen LogP contribution in [0.1, 0.15) is 11.1 Å². The van der Waals surface area contributed by atoms with Gasteiger partial charge in [0.15, 0.2) is 0 Å². The second-order valence-electron chi connectivity index (χ2n) is 6.04. The van der Waals surface area contributed by atoms with Gasteiger partial charge >= 0.3 is 6.18 Å². The summed E-state index contributed by atoms with van der Waals surface area (Å²) in [6.07, 6.45) is -1.47. The van der Waals surface area contributed by atoms with Crippen LogP contribution in [0, 0.1) is 5.82 Å². The van der Waals surface area contributed by atoms with Gasteiger partial charge in [0.25, 0.3) is 0 Å². The zero-order valence-electron chi connectivity index (χ0n) is 14.3. The van der Waals surface area contributed by atoms with E-state index in [1.807, 2.05) is 24.3 Å². The first-order chi connectivity index (χ1) is 13.4. The molecule has 0 aliphatic carbocycles. The highest BCUT2D eigenvalue weighted by atomic mass is 19.4. The zero-order chi connectivity index (χ0) is 19.7. The van der Waals surface area contributed by atoms with Gasteiger partial charge in [-0.25, -0.2) is 14.4 Å². The molecule has 0 unspecified atom stereocenters. The first-order valence-electron chi connectivity index (χ1n) is 8.26. The Balaban J connectivity index is 1.57. The van der Waals surface area contributed by atoms with Crippen molar-refractivity contribution in [3.63, 3.8) is 0 Å². The highest BCUT2D eigenvalue weighted by Gasteiger charge is 2.31. The van der Waals surface area contributed by atoms with Crippen molar-refractivity contribution < 1.29 is 17.6 Å². The standard InChI is InChI=1S/C19H13F4N5/c20-14-8-12(7-13(9-14)19(21,22)23)10-25-18-24-6-5-17(27-18)28-11-26-15-3-1-2-4-16(15)28/h1-9,11H,10H2,(H,24,25,27). The summed E-state index contributed by atoms with van der Waals surface area (Å²) in [5.74, 6) is -0.208. The van der Waals surface area contributed by atoms with Crippen LogP contribution in [0.4, 0.5) is 23.5 Å². The predicted molar refractivity (Wildman–Crippen MR) is 95.4 cm³/mol. The van der Waals surface area contributed by atoms with Crippen LogP contribution in [0.2, 0.25) is 0 Å². The summed E-state index contributed by atoms with van der Waals surface area (Å²) >= 11 is 0. The Bertz CT molecular complexity index is 1140. The number of alkyl halides is 3. The average molecular weight is 387 g/mol. The maximum Gasteiger partial charge on any atom is 0.416 e. The van der Waals surface area contributed by atoms with E-state index in [9.17, 15) is 17.6 Å². The van der Waals surface area contributed by atoms with Crippen molar-refractivity contribution in [2.24, 2.45) is 0 Å². The molecule has 9 heteroatoms. The Labute approximate surface area is 156 Å². The van der Waals surface area contributed by atoms with Crippen LogP contribution >= 0.6 is 0 Å². The Morgan fingerprint density at radius 3 is 2.64 bits per heavy atom. The van der Waals surface area contributed by atoms with Crippen molar-refractivity contribution in [3.8, 4) is 5.82 Å². The molecule has 2 aromatic heterocycles. The number of nitrogens with zero attached hydrogens (tertiary/aromatic N) is 4. The van der Waals surface area contributed by atoms with E-state index in [0.717, 1.165) is 23.2 Å². The minimum absolute atomic E-state index is 0.0605. The third-order valence-corrected chi connectivity index (χ3v) is 4.08. The maximum atomic E-state index is 13.5. The van der Waals surface area contributed by atoms with E-state index in [2.05, 4.69) is 20.3 Å². The number of rotatable bonds is 4. The largest absolute Gasteiger partial charge is 0.416 e. The Morgan fingerprint density at radius 1 is 1.00 bits per heavy atom. The van der Waals surface area contributed by atoms with E-state index in [1.54, 1.807) is 17.0 Å². The quantitative estimate of drug-likeness (QED) is 0.521. The molecule has 0 radical (unpaired) electrons. The molecule has 4 rings (SSSR count). The maximum absolute atomic E-state index is 13.5. The molecule has 0 fully saturated rings. The summed E-state index contributed by atoms with van der Waals surface area (Å²) in [5, 5.41) is 2.83. The van der Waals surface area contributed by atoms with Crippen LogP contribution in [-0.4, -0.2) is 19.5 Å². The van der Waals surface area contributed by atoms with Gasteiger partial charge < -0.3 is 5.32 Å². The van der Waals surface area contributed by atoms with E-state index in [-0.39, 0.29) is 18.1 Å². The molecule has 0 atom stereocenters. The molecule has 0 amide bonds. The molecule has 28 heavy (non-hydrogen) atoms. The highest BCUT2D eigenvalue weighted by Crippen LogP contribution is 2.30. The van der Waals surface area contributed by atoms with Gasteiger partial charge in [-0.3, -0.25) is 4.57 Å². The van der Waals surface area contributed by atoms with Crippen molar-refractivity contribution in [2.45, 2.75) is 12.7 Å². The molecule has 0 aliphatic rings. The first-order valence-corrected chi connectivity index (χ1v) is 8.26. The number of hydrogen-bond acceptors (Lipinski definition) is 4. The lowest BCUT2D eigenvalue weighted by atomic mass is 10.1. The Hall–Kier alpha value is -3.49. The number of fused-ring (bicyclic) bond motifs is 1. The molecule has 0 spiro atoms. The first kappa shape index (κ1) is 17.9. The third kappa shape index (κ3) is 3.64. The van der Waals surface area contributed by atoms with Gasteiger partial charge in [-0.2, -0.15) is 18.2 Å². The molecule has 5 nitrogen and oxygen atoms in total. The van der Waals surface area contributed by atoms with Crippen molar-refractivity contribution in [3.05, 3.63) is 78.0 Å². The normalized spacial score (nSPS) is 11.7. The Morgan fingerprint density at radius 2 is 1.82 bits per heavy atom. The van der Waals surface area contributed by atoms with Crippen LogP contribution in [0.15, 0.2) is 61.1 Å². The van der Waals surface area contributed by atoms with Gasteiger partial charge in [0.1, 0.15) is 18.0 Å². The van der Waals surface area contributed by atoms with Crippen LogP contribution in [0.5, 0.6) is 0 Å². The second-order valence-corrected chi connectivity index (χ2v) is 6.04. The molecular weight excluding hydrogens is 374 g/mol. The second kappa shape index (κ2) is 6.91. The summed E-state index contributed by atoms with van der Waals surface area (Å²) < 4.78 is 53.8. The van der Waals surface area contributed by atoms with Gasteiger partial charge in [-0.05, 0) is 42.0 Å². The Kier molecular flexibility index (Phi) is 4.42. The van der Waals surface area contributed by atoms with Gasteiger partial charge in [0.05, 0.1) is 16.6 Å². The van der Waals surface area contributed by atoms with Gasteiger partial charge in [-0.15, -0.1) is 0 Å². The van der Waals surface area contributed by atoms with E-state index in [0.29, 0.717) is 11.9 Å². The van der Waals surface area contributed by atoms with Gasteiger partial charge in [0, 0.05) is 12.7 Å². The summed E-state index contributed by atoms with van der Waals surface area (Å²) in [6.45, 7) is -0.0605. The van der Waals surface area contributed by atoms with Crippen molar-refractivity contribution in [2.75, 3.05) is 5.32 Å². The lowest BCUT2D eigenvalue weighted by molar-refractivity contribution is -0.137. The smallest absolute Gasteiger partial charge is 0.350 e. The topological polar surface area (TPSA) is 55.6 Å². The number of aromatic nitrogens is 4. The molecule has 4 aromatic rings. The number of hydrogen-bond donors (Lipinski definition) is 1. The fourth-order valence-corrected chi connectivity index (χ4v) is 2.81.